The van der Waals surface area contributed by atoms with E-state index in [1.165, 1.54) is 25.7 Å². The first kappa shape index (κ1) is 10.1. The molecular weight excluding hydrogens is 84.1 g/mol. The van der Waals surface area contributed by atoms with Gasteiger partial charge in [-0.2, -0.15) is 0 Å². The van der Waals surface area contributed by atoms with Crippen LogP contribution in [0.2, 0.25) is 0 Å². The first-order valence-corrected chi connectivity index (χ1v) is 2.91. The molecule has 1 radical (unpaired) electrons. The predicted molar refractivity (Wildman–Crippen MR) is 36.2 cm³/mol. The Labute approximate surface area is 47.9 Å². The molecule has 0 saturated carbocycles. The van der Waals surface area contributed by atoms with Gasteiger partial charge in [-0.05, 0) is 0 Å². The van der Waals surface area contributed by atoms with Crippen molar-refractivity contribution in [3.8, 4) is 0 Å². The molecule has 0 atom stereocenters. The van der Waals surface area contributed by atoms with Crippen LogP contribution in [-0.2, 0) is 0 Å². The SMILES string of the molecule is CCCCCC.[CH3]. The Balaban J connectivity index is 0. The van der Waals surface area contributed by atoms with E-state index in [0.29, 0.717) is 0 Å². The van der Waals surface area contributed by atoms with Crippen molar-refractivity contribution < 1.29 is 0 Å². The molecule has 0 nitrogen and oxygen atoms in total. The van der Waals surface area contributed by atoms with Crippen molar-refractivity contribution in [2.75, 3.05) is 0 Å². The van der Waals surface area contributed by atoms with Gasteiger partial charge in [0.2, 0.25) is 0 Å². The Morgan fingerprint density at radius 2 is 1.14 bits per heavy atom. The van der Waals surface area contributed by atoms with Gasteiger partial charge in [0.15, 0.2) is 0 Å². The normalized spacial score (nSPS) is 7.71. The van der Waals surface area contributed by atoms with Gasteiger partial charge in [-0.25, -0.2) is 0 Å². The largest absolute Gasteiger partial charge is 0.0683 e. The zero-order valence-corrected chi connectivity index (χ0v) is 5.83. The average Bonchev–Trinajstić information content (AvgIpc) is 1.61. The average molecular weight is 101 g/mol. The fourth-order valence-corrected chi connectivity index (χ4v) is 0.500. The fourth-order valence-electron chi connectivity index (χ4n) is 0.500. The molecule has 0 aromatic heterocycles. The summed E-state index contributed by atoms with van der Waals surface area (Å²) in [5.41, 5.74) is 0. The van der Waals surface area contributed by atoms with E-state index < -0.39 is 0 Å². The Hall–Kier alpha value is 0. The standard InChI is InChI=1S/C6H14.CH3/c1-3-5-6-4-2;/h3-6H2,1-2H3;1H3. The lowest BCUT2D eigenvalue weighted by molar-refractivity contribution is 0.702. The molecular formula is C7H17. The summed E-state index contributed by atoms with van der Waals surface area (Å²) in [4.78, 5) is 0. The minimum atomic E-state index is 0. The fraction of sp³-hybridized carbons (Fsp3) is 0.857. The van der Waals surface area contributed by atoms with Gasteiger partial charge in [-0.15, -0.1) is 0 Å². The lowest BCUT2D eigenvalue weighted by Gasteiger charge is -1.86. The second kappa shape index (κ2) is 9.38. The van der Waals surface area contributed by atoms with Gasteiger partial charge in [0.1, 0.15) is 0 Å². The highest BCUT2D eigenvalue weighted by molar-refractivity contribution is 4.31. The van der Waals surface area contributed by atoms with Crippen LogP contribution in [0.1, 0.15) is 39.5 Å². The van der Waals surface area contributed by atoms with Gasteiger partial charge < -0.3 is 0 Å². The van der Waals surface area contributed by atoms with Crippen LogP contribution in [0.4, 0.5) is 0 Å². The Bertz CT molecular complexity index is 12.0. The van der Waals surface area contributed by atoms with E-state index in [-0.39, 0.29) is 7.43 Å². The summed E-state index contributed by atoms with van der Waals surface area (Å²) in [5, 5.41) is 0. The second-order valence-corrected chi connectivity index (χ2v) is 1.71. The predicted octanol–water partition coefficient (Wildman–Crippen LogP) is 3.04. The van der Waals surface area contributed by atoms with Gasteiger partial charge >= 0.3 is 0 Å². The highest BCUT2D eigenvalue weighted by atomic mass is 13.8. The highest BCUT2D eigenvalue weighted by Gasteiger charge is 1.75. The van der Waals surface area contributed by atoms with E-state index in [1.807, 2.05) is 0 Å². The highest BCUT2D eigenvalue weighted by Crippen LogP contribution is 1.95. The smallest absolute Gasteiger partial charge is 0.0536 e. The topological polar surface area (TPSA) is 0 Å². The first-order valence-electron chi connectivity index (χ1n) is 2.91. The van der Waals surface area contributed by atoms with Crippen LogP contribution < -0.4 is 0 Å². The summed E-state index contributed by atoms with van der Waals surface area (Å²) in [6, 6.07) is 0. The van der Waals surface area contributed by atoms with E-state index >= 15 is 0 Å². The van der Waals surface area contributed by atoms with Crippen LogP contribution in [-0.4, -0.2) is 0 Å². The molecule has 0 aliphatic rings. The van der Waals surface area contributed by atoms with Crippen LogP contribution in [0.3, 0.4) is 0 Å². The van der Waals surface area contributed by atoms with Crippen LogP contribution in [0.5, 0.6) is 0 Å². The monoisotopic (exact) mass is 101 g/mol. The zero-order chi connectivity index (χ0) is 4.83. The molecule has 0 rings (SSSR count). The summed E-state index contributed by atoms with van der Waals surface area (Å²) in [6.45, 7) is 4.46. The quantitative estimate of drug-likeness (QED) is 0.479. The Morgan fingerprint density at radius 1 is 0.857 bits per heavy atom. The molecule has 0 unspecified atom stereocenters. The number of rotatable bonds is 3. The zero-order valence-electron chi connectivity index (χ0n) is 5.83. The van der Waals surface area contributed by atoms with E-state index in [1.54, 1.807) is 0 Å². The molecule has 0 aliphatic heterocycles. The summed E-state index contributed by atoms with van der Waals surface area (Å²) in [7, 11) is 0. The summed E-state index contributed by atoms with van der Waals surface area (Å²) < 4.78 is 0. The van der Waals surface area contributed by atoms with Crippen molar-refractivity contribution in [3.05, 3.63) is 7.43 Å². The van der Waals surface area contributed by atoms with E-state index in [2.05, 4.69) is 13.8 Å². The molecule has 0 spiro atoms. The molecule has 0 heteroatoms. The molecule has 0 amide bonds. The first-order chi connectivity index (χ1) is 2.91. The summed E-state index contributed by atoms with van der Waals surface area (Å²) >= 11 is 0. The minimum Gasteiger partial charge on any atom is -0.0683 e. The third-order valence-electron chi connectivity index (χ3n) is 0.957. The van der Waals surface area contributed by atoms with Gasteiger partial charge in [-0.3, -0.25) is 0 Å². The minimum absolute atomic E-state index is 0. The summed E-state index contributed by atoms with van der Waals surface area (Å²) in [6.07, 6.45) is 5.54. The van der Waals surface area contributed by atoms with Gasteiger partial charge in [0.05, 0.1) is 0 Å². The molecule has 0 saturated heterocycles. The molecule has 0 heterocycles. The third kappa shape index (κ3) is 10.7. The van der Waals surface area contributed by atoms with Crippen molar-refractivity contribution in [2.45, 2.75) is 39.5 Å². The van der Waals surface area contributed by atoms with Crippen molar-refractivity contribution in [1.29, 1.82) is 0 Å². The molecule has 7 heavy (non-hydrogen) atoms. The maximum Gasteiger partial charge on any atom is -0.0536 e. The lowest BCUT2D eigenvalue weighted by atomic mass is 10.2. The molecule has 0 N–H and O–H groups in total. The number of hydrogen-bond donors (Lipinski definition) is 0. The van der Waals surface area contributed by atoms with Crippen molar-refractivity contribution in [3.63, 3.8) is 0 Å². The van der Waals surface area contributed by atoms with Crippen molar-refractivity contribution >= 4 is 0 Å². The maximum absolute atomic E-state index is 2.23. The molecule has 0 bridgehead atoms. The van der Waals surface area contributed by atoms with Crippen molar-refractivity contribution in [2.24, 2.45) is 0 Å². The second-order valence-electron chi connectivity index (χ2n) is 1.71. The molecule has 45 valence electrons. The lowest BCUT2D eigenvalue weighted by Crippen LogP contribution is -1.66. The third-order valence-corrected chi connectivity index (χ3v) is 0.957. The van der Waals surface area contributed by atoms with Gasteiger partial charge in [-0.1, -0.05) is 47.0 Å². The van der Waals surface area contributed by atoms with Crippen LogP contribution in [0, 0.1) is 7.43 Å². The number of unbranched alkanes of at least 4 members (excludes halogenated alkanes) is 3. The maximum atomic E-state index is 2.23. The Morgan fingerprint density at radius 3 is 1.29 bits per heavy atom. The summed E-state index contributed by atoms with van der Waals surface area (Å²) in [5.74, 6) is 0. The van der Waals surface area contributed by atoms with Crippen LogP contribution >= 0.6 is 0 Å². The molecule has 0 aliphatic carbocycles. The molecule has 0 aromatic rings. The van der Waals surface area contributed by atoms with Gasteiger partial charge in [0.25, 0.3) is 0 Å². The van der Waals surface area contributed by atoms with Crippen LogP contribution in [0.25, 0.3) is 0 Å². The van der Waals surface area contributed by atoms with E-state index in [4.69, 9.17) is 0 Å². The van der Waals surface area contributed by atoms with E-state index in [9.17, 15) is 0 Å². The van der Waals surface area contributed by atoms with Crippen LogP contribution in [0.15, 0.2) is 0 Å². The molecule has 0 aromatic carbocycles. The van der Waals surface area contributed by atoms with E-state index in [0.717, 1.165) is 0 Å². The van der Waals surface area contributed by atoms with Gasteiger partial charge in [0, 0.05) is 0 Å². The number of hydrogen-bond acceptors (Lipinski definition) is 0. The Kier molecular flexibility index (Phi) is 13.5. The molecule has 0 fully saturated rings. The van der Waals surface area contributed by atoms with Crippen molar-refractivity contribution in [1.82, 2.24) is 0 Å².